The van der Waals surface area contributed by atoms with Crippen LogP contribution in [-0.2, 0) is 11.2 Å². The van der Waals surface area contributed by atoms with E-state index < -0.39 is 0 Å². The molecule has 0 spiro atoms. The Morgan fingerprint density at radius 2 is 2.00 bits per heavy atom. The Hall–Kier alpha value is -2.89. The summed E-state index contributed by atoms with van der Waals surface area (Å²) < 4.78 is 0. The van der Waals surface area contributed by atoms with Crippen LogP contribution in [0.5, 0.6) is 0 Å². The molecule has 1 atom stereocenters. The monoisotopic (exact) mass is 322 g/mol. The summed E-state index contributed by atoms with van der Waals surface area (Å²) in [6.45, 7) is 1.99. The Morgan fingerprint density at radius 1 is 1.21 bits per heavy atom. The minimum Gasteiger partial charge on any atom is -0.385 e. The van der Waals surface area contributed by atoms with Gasteiger partial charge in [-0.3, -0.25) is 4.79 Å². The maximum absolute atomic E-state index is 12.7. The normalized spacial score (nSPS) is 16.9. The Labute approximate surface area is 139 Å². The quantitative estimate of drug-likeness (QED) is 0.742. The number of aromatic nitrogens is 3. The van der Waals surface area contributed by atoms with Gasteiger partial charge in [0.15, 0.2) is 6.61 Å². The van der Waals surface area contributed by atoms with Crippen LogP contribution in [0.2, 0.25) is 0 Å². The summed E-state index contributed by atoms with van der Waals surface area (Å²) in [6.07, 6.45) is 1.95. The van der Waals surface area contributed by atoms with Crippen molar-refractivity contribution in [1.29, 1.82) is 0 Å². The van der Waals surface area contributed by atoms with Gasteiger partial charge in [0.1, 0.15) is 11.0 Å². The van der Waals surface area contributed by atoms with Crippen molar-refractivity contribution in [2.75, 3.05) is 11.5 Å². The zero-order chi connectivity index (χ0) is 16.5. The Balaban J connectivity index is 1.54. The van der Waals surface area contributed by atoms with Crippen molar-refractivity contribution >= 4 is 22.6 Å². The van der Waals surface area contributed by atoms with E-state index in [1.807, 2.05) is 47.4 Å². The molecule has 0 N–H and O–H groups in total. The second kappa shape index (κ2) is 5.96. The third kappa shape index (κ3) is 2.50. The fourth-order valence-electron chi connectivity index (χ4n) is 3.20. The molecule has 1 amide bonds. The van der Waals surface area contributed by atoms with Crippen LogP contribution in [0.3, 0.4) is 0 Å². The van der Waals surface area contributed by atoms with Gasteiger partial charge in [0, 0.05) is 11.7 Å². The van der Waals surface area contributed by atoms with Crippen molar-refractivity contribution in [3.05, 3.63) is 54.1 Å². The maximum atomic E-state index is 12.7. The average Bonchev–Trinajstić information content (AvgIpc) is 3.03. The highest BCUT2D eigenvalue weighted by Crippen LogP contribution is 2.30. The minimum atomic E-state index is -0.0774. The van der Waals surface area contributed by atoms with E-state index in [-0.39, 0.29) is 18.6 Å². The lowest BCUT2D eigenvalue weighted by Gasteiger charge is -2.35. The number of para-hydroxylation sites is 2. The minimum absolute atomic E-state index is 0.0748. The van der Waals surface area contributed by atoms with E-state index in [1.54, 1.807) is 0 Å². The number of hydrogen-bond donors (Lipinski definition) is 0. The third-order valence-electron chi connectivity index (χ3n) is 4.42. The standard InChI is InChI=1S/C18H18N4O2/c1-13-10-11-14-6-2-4-8-16(14)21(13)18(23)12-24-22-17-9-5-3-7-15(17)19-20-22/h2-9,13H,10-12H2,1H3/t13-/m0/s1. The maximum Gasteiger partial charge on any atom is 0.268 e. The van der Waals surface area contributed by atoms with Crippen LogP contribution in [0.1, 0.15) is 18.9 Å². The molecule has 3 aromatic rings. The molecule has 6 heteroatoms. The van der Waals surface area contributed by atoms with Crippen molar-refractivity contribution in [1.82, 2.24) is 15.2 Å². The lowest BCUT2D eigenvalue weighted by Crippen LogP contribution is -2.45. The molecule has 0 radical (unpaired) electrons. The van der Waals surface area contributed by atoms with E-state index in [4.69, 9.17) is 4.84 Å². The predicted octanol–water partition coefficient (Wildman–Crippen LogP) is 2.23. The summed E-state index contributed by atoms with van der Waals surface area (Å²) in [7, 11) is 0. The third-order valence-corrected chi connectivity index (χ3v) is 4.42. The van der Waals surface area contributed by atoms with E-state index in [9.17, 15) is 4.79 Å². The summed E-state index contributed by atoms with van der Waals surface area (Å²) in [4.78, 5) is 21.5. The van der Waals surface area contributed by atoms with Gasteiger partial charge in [-0.1, -0.05) is 35.2 Å². The second-order valence-corrected chi connectivity index (χ2v) is 6.00. The topological polar surface area (TPSA) is 60.2 Å². The molecule has 0 bridgehead atoms. The first-order chi connectivity index (χ1) is 11.7. The first-order valence-corrected chi connectivity index (χ1v) is 8.08. The average molecular weight is 322 g/mol. The molecule has 1 aromatic heterocycles. The fourth-order valence-corrected chi connectivity index (χ4v) is 3.20. The molecule has 4 rings (SSSR count). The first kappa shape index (κ1) is 14.7. The molecule has 6 nitrogen and oxygen atoms in total. The van der Waals surface area contributed by atoms with Crippen molar-refractivity contribution in [2.45, 2.75) is 25.8 Å². The van der Waals surface area contributed by atoms with Gasteiger partial charge in [0.05, 0.1) is 0 Å². The summed E-state index contributed by atoms with van der Waals surface area (Å²) in [5.74, 6) is -0.0748. The van der Waals surface area contributed by atoms with Gasteiger partial charge in [0.25, 0.3) is 5.91 Å². The van der Waals surface area contributed by atoms with Crippen molar-refractivity contribution in [2.24, 2.45) is 0 Å². The molecule has 1 aliphatic rings. The number of hydrogen-bond acceptors (Lipinski definition) is 4. The smallest absolute Gasteiger partial charge is 0.268 e. The van der Waals surface area contributed by atoms with Gasteiger partial charge in [-0.2, -0.15) is 0 Å². The van der Waals surface area contributed by atoms with Gasteiger partial charge in [-0.05, 0) is 48.7 Å². The summed E-state index contributed by atoms with van der Waals surface area (Å²) in [5.41, 5.74) is 3.67. The molecule has 0 aliphatic carbocycles. The zero-order valence-electron chi connectivity index (χ0n) is 13.4. The van der Waals surface area contributed by atoms with Crippen molar-refractivity contribution in [3.63, 3.8) is 0 Å². The molecule has 122 valence electrons. The SMILES string of the molecule is C[C@H]1CCc2ccccc2N1C(=O)COn1nnc2ccccc21. The largest absolute Gasteiger partial charge is 0.385 e. The van der Waals surface area contributed by atoms with E-state index in [1.165, 1.54) is 10.4 Å². The van der Waals surface area contributed by atoms with Gasteiger partial charge in [-0.15, -0.1) is 5.10 Å². The number of carbonyl (C=O) groups excluding carboxylic acids is 1. The summed E-state index contributed by atoms with van der Waals surface area (Å²) >= 11 is 0. The van der Waals surface area contributed by atoms with Crippen molar-refractivity contribution in [3.8, 4) is 0 Å². The van der Waals surface area contributed by atoms with Crippen LogP contribution < -0.4 is 9.74 Å². The number of anilines is 1. The molecule has 0 saturated heterocycles. The van der Waals surface area contributed by atoms with Crippen LogP contribution in [-0.4, -0.2) is 33.7 Å². The van der Waals surface area contributed by atoms with Crippen LogP contribution >= 0.6 is 0 Å². The number of carbonyl (C=O) groups is 1. The first-order valence-electron chi connectivity index (χ1n) is 8.08. The van der Waals surface area contributed by atoms with Gasteiger partial charge in [-0.25, -0.2) is 0 Å². The number of rotatable bonds is 3. The molecule has 1 aliphatic heterocycles. The Kier molecular flexibility index (Phi) is 3.65. The number of benzene rings is 2. The fraction of sp³-hybridized carbons (Fsp3) is 0.278. The van der Waals surface area contributed by atoms with Crippen molar-refractivity contribution < 1.29 is 9.63 Å². The molecule has 24 heavy (non-hydrogen) atoms. The summed E-state index contributed by atoms with van der Waals surface area (Å²) in [6, 6.07) is 15.7. The van der Waals surface area contributed by atoms with E-state index >= 15 is 0 Å². The number of nitrogens with zero attached hydrogens (tertiary/aromatic N) is 4. The summed E-state index contributed by atoms with van der Waals surface area (Å²) in [5, 5.41) is 7.97. The van der Waals surface area contributed by atoms with E-state index in [2.05, 4.69) is 23.3 Å². The molecule has 2 aromatic carbocycles. The highest BCUT2D eigenvalue weighted by Gasteiger charge is 2.28. The lowest BCUT2D eigenvalue weighted by atomic mass is 9.96. The second-order valence-electron chi connectivity index (χ2n) is 6.00. The number of amides is 1. The van der Waals surface area contributed by atoms with Crippen LogP contribution in [0.4, 0.5) is 5.69 Å². The van der Waals surface area contributed by atoms with E-state index in [0.717, 1.165) is 29.6 Å². The van der Waals surface area contributed by atoms with Gasteiger partial charge >= 0.3 is 0 Å². The molecule has 0 unspecified atom stereocenters. The molecular weight excluding hydrogens is 304 g/mol. The molecule has 0 fully saturated rings. The van der Waals surface area contributed by atoms with Crippen LogP contribution in [0.25, 0.3) is 11.0 Å². The Bertz CT molecular complexity index is 889. The van der Waals surface area contributed by atoms with Gasteiger partial charge < -0.3 is 9.74 Å². The highest BCUT2D eigenvalue weighted by molar-refractivity contribution is 5.96. The van der Waals surface area contributed by atoms with Gasteiger partial charge in [0.2, 0.25) is 0 Å². The highest BCUT2D eigenvalue weighted by atomic mass is 16.7. The molecule has 2 heterocycles. The Morgan fingerprint density at radius 3 is 2.92 bits per heavy atom. The predicted molar refractivity (Wildman–Crippen MR) is 90.7 cm³/mol. The van der Waals surface area contributed by atoms with Crippen LogP contribution in [0.15, 0.2) is 48.5 Å². The zero-order valence-corrected chi connectivity index (χ0v) is 13.4. The number of aryl methyl sites for hydroxylation is 1. The molecular formula is C18H18N4O2. The van der Waals surface area contributed by atoms with E-state index in [0.29, 0.717) is 0 Å². The molecule has 0 saturated carbocycles. The lowest BCUT2D eigenvalue weighted by molar-refractivity contribution is -0.124. The number of fused-ring (bicyclic) bond motifs is 2. The van der Waals surface area contributed by atoms with Crippen LogP contribution in [0, 0.1) is 0 Å².